The van der Waals surface area contributed by atoms with Crippen LogP contribution in [0.4, 0.5) is 0 Å². The van der Waals surface area contributed by atoms with Crippen LogP contribution in [-0.4, -0.2) is 54.0 Å². The van der Waals surface area contributed by atoms with E-state index >= 15 is 0 Å². The summed E-state index contributed by atoms with van der Waals surface area (Å²) >= 11 is 0. The first-order chi connectivity index (χ1) is 13.9. The molecule has 7 nitrogen and oxygen atoms in total. The topological polar surface area (TPSA) is 79.5 Å². The van der Waals surface area contributed by atoms with Crippen molar-refractivity contribution >= 4 is 10.0 Å². The molecule has 2 heterocycles. The number of piperazine rings is 1. The van der Waals surface area contributed by atoms with Crippen molar-refractivity contribution in [2.45, 2.75) is 24.8 Å². The number of hydrogen-bond donors (Lipinski definition) is 0. The molecule has 1 aliphatic heterocycles. The van der Waals surface area contributed by atoms with Crippen molar-refractivity contribution in [3.05, 3.63) is 66.1 Å². The van der Waals surface area contributed by atoms with Gasteiger partial charge in [-0.3, -0.25) is 4.90 Å². The van der Waals surface area contributed by atoms with Crippen molar-refractivity contribution in [3.63, 3.8) is 0 Å². The van der Waals surface area contributed by atoms with E-state index in [2.05, 4.69) is 15.1 Å². The minimum Gasteiger partial charge on any atom is -0.419 e. The van der Waals surface area contributed by atoms with Gasteiger partial charge in [-0.05, 0) is 38.1 Å². The summed E-state index contributed by atoms with van der Waals surface area (Å²) in [6.07, 6.45) is 0. The maximum Gasteiger partial charge on any atom is 0.247 e. The van der Waals surface area contributed by atoms with Crippen molar-refractivity contribution in [3.8, 4) is 11.5 Å². The Bertz CT molecular complexity index is 1060. The van der Waals surface area contributed by atoms with Crippen LogP contribution in [0.5, 0.6) is 0 Å². The lowest BCUT2D eigenvalue weighted by Crippen LogP contribution is -2.49. The number of hydrogen-bond acceptors (Lipinski definition) is 6. The zero-order chi connectivity index (χ0) is 20.4. The third-order valence-electron chi connectivity index (χ3n) is 5.30. The van der Waals surface area contributed by atoms with Crippen LogP contribution in [-0.2, 0) is 10.0 Å². The molecular formula is C21H24N4O3S. The van der Waals surface area contributed by atoms with Gasteiger partial charge in [-0.25, -0.2) is 8.42 Å². The number of rotatable bonds is 5. The van der Waals surface area contributed by atoms with Gasteiger partial charge in [0.1, 0.15) is 0 Å². The van der Waals surface area contributed by atoms with Crippen LogP contribution in [0, 0.1) is 6.92 Å². The van der Waals surface area contributed by atoms with Gasteiger partial charge in [0.15, 0.2) is 0 Å². The van der Waals surface area contributed by atoms with Crippen molar-refractivity contribution in [2.24, 2.45) is 0 Å². The van der Waals surface area contributed by atoms with Gasteiger partial charge in [0.2, 0.25) is 21.8 Å². The van der Waals surface area contributed by atoms with Crippen LogP contribution in [0.15, 0.2) is 63.9 Å². The van der Waals surface area contributed by atoms with Crippen molar-refractivity contribution in [1.82, 2.24) is 19.4 Å². The van der Waals surface area contributed by atoms with Gasteiger partial charge in [-0.2, -0.15) is 4.31 Å². The lowest BCUT2D eigenvalue weighted by atomic mass is 10.1. The predicted molar refractivity (Wildman–Crippen MR) is 110 cm³/mol. The molecule has 0 radical (unpaired) electrons. The highest BCUT2D eigenvalue weighted by Gasteiger charge is 2.31. The average molecular weight is 413 g/mol. The summed E-state index contributed by atoms with van der Waals surface area (Å²) < 4.78 is 33.0. The van der Waals surface area contributed by atoms with Crippen LogP contribution in [0.2, 0.25) is 0 Å². The summed E-state index contributed by atoms with van der Waals surface area (Å²) in [6.45, 7) is 6.11. The van der Waals surface area contributed by atoms with Crippen LogP contribution < -0.4 is 0 Å². The Morgan fingerprint density at radius 2 is 1.59 bits per heavy atom. The summed E-state index contributed by atoms with van der Waals surface area (Å²) in [6, 6.07) is 16.4. The summed E-state index contributed by atoms with van der Waals surface area (Å²) in [5.74, 6) is 1.04. The third kappa shape index (κ3) is 4.10. The van der Waals surface area contributed by atoms with Crippen molar-refractivity contribution in [2.75, 3.05) is 26.2 Å². The van der Waals surface area contributed by atoms with Crippen LogP contribution >= 0.6 is 0 Å². The second-order valence-corrected chi connectivity index (χ2v) is 9.18. The van der Waals surface area contributed by atoms with E-state index in [9.17, 15) is 8.42 Å². The molecule has 0 bridgehead atoms. The fourth-order valence-corrected chi connectivity index (χ4v) is 4.89. The standard InChI is InChI=1S/C21H24N4O3S/c1-16-8-10-18(11-9-16)21-23-22-20(28-21)17(2)24-12-14-25(15-13-24)29(26,27)19-6-4-3-5-7-19/h3-11,17H,12-15H2,1-2H3. The molecule has 0 N–H and O–H groups in total. The smallest absolute Gasteiger partial charge is 0.247 e. The molecule has 8 heteroatoms. The van der Waals surface area contributed by atoms with Gasteiger partial charge in [-0.15, -0.1) is 10.2 Å². The monoisotopic (exact) mass is 412 g/mol. The van der Waals surface area contributed by atoms with Gasteiger partial charge in [-0.1, -0.05) is 35.9 Å². The average Bonchev–Trinajstić information content (AvgIpc) is 3.25. The van der Waals surface area contributed by atoms with Gasteiger partial charge < -0.3 is 4.42 Å². The van der Waals surface area contributed by atoms with Gasteiger partial charge >= 0.3 is 0 Å². The number of aryl methyl sites for hydroxylation is 1. The molecule has 1 aliphatic rings. The van der Waals surface area contributed by atoms with E-state index in [1.165, 1.54) is 9.87 Å². The molecule has 1 fully saturated rings. The molecule has 2 aromatic carbocycles. The van der Waals surface area contributed by atoms with E-state index < -0.39 is 10.0 Å². The fourth-order valence-electron chi connectivity index (χ4n) is 3.45. The Morgan fingerprint density at radius 3 is 2.24 bits per heavy atom. The minimum atomic E-state index is -3.46. The molecule has 1 aromatic heterocycles. The van der Waals surface area contributed by atoms with Crippen molar-refractivity contribution < 1.29 is 12.8 Å². The lowest BCUT2D eigenvalue weighted by molar-refractivity contribution is 0.129. The number of aromatic nitrogens is 2. The zero-order valence-electron chi connectivity index (χ0n) is 16.5. The number of sulfonamides is 1. The van der Waals surface area contributed by atoms with E-state index in [-0.39, 0.29) is 6.04 Å². The van der Waals surface area contributed by atoms with Gasteiger partial charge in [0, 0.05) is 31.7 Å². The summed E-state index contributed by atoms with van der Waals surface area (Å²) in [5, 5.41) is 8.39. The number of benzene rings is 2. The summed E-state index contributed by atoms with van der Waals surface area (Å²) in [7, 11) is -3.46. The molecule has 1 saturated heterocycles. The van der Waals surface area contributed by atoms with E-state index in [1.54, 1.807) is 24.3 Å². The van der Waals surface area contributed by atoms with Gasteiger partial charge in [0.25, 0.3) is 0 Å². The molecule has 4 rings (SSSR count). The van der Waals surface area contributed by atoms with Gasteiger partial charge in [0.05, 0.1) is 10.9 Å². The Balaban J connectivity index is 1.42. The third-order valence-corrected chi connectivity index (χ3v) is 7.21. The predicted octanol–water partition coefficient (Wildman–Crippen LogP) is 3.11. The SMILES string of the molecule is Cc1ccc(-c2nnc(C(C)N3CCN(S(=O)(=O)c4ccccc4)CC3)o2)cc1. The quantitative estimate of drug-likeness (QED) is 0.641. The molecule has 0 aliphatic carbocycles. The maximum atomic E-state index is 12.8. The molecule has 3 aromatic rings. The van der Waals surface area contributed by atoms with E-state index in [0.29, 0.717) is 42.9 Å². The van der Waals surface area contributed by atoms with Crippen LogP contribution in [0.1, 0.15) is 24.4 Å². The fraction of sp³-hybridized carbons (Fsp3) is 0.333. The molecule has 1 unspecified atom stereocenters. The summed E-state index contributed by atoms with van der Waals surface area (Å²) in [4.78, 5) is 2.50. The lowest BCUT2D eigenvalue weighted by Gasteiger charge is -2.36. The number of nitrogens with zero attached hydrogens (tertiary/aromatic N) is 4. The largest absolute Gasteiger partial charge is 0.419 e. The Hall–Kier alpha value is -2.55. The minimum absolute atomic E-state index is 0.0803. The highest BCUT2D eigenvalue weighted by molar-refractivity contribution is 7.89. The Kier molecular flexibility index (Phi) is 5.49. The van der Waals surface area contributed by atoms with E-state index in [4.69, 9.17) is 4.42 Å². The molecule has 152 valence electrons. The molecular weight excluding hydrogens is 388 g/mol. The van der Waals surface area contributed by atoms with E-state index in [1.807, 2.05) is 44.2 Å². The maximum absolute atomic E-state index is 12.8. The first-order valence-electron chi connectivity index (χ1n) is 9.65. The molecule has 0 amide bonds. The van der Waals surface area contributed by atoms with Crippen molar-refractivity contribution in [1.29, 1.82) is 0 Å². The molecule has 0 spiro atoms. The molecule has 0 saturated carbocycles. The normalized spacial score (nSPS) is 17.3. The second-order valence-electron chi connectivity index (χ2n) is 7.24. The summed E-state index contributed by atoms with van der Waals surface area (Å²) in [5.41, 5.74) is 2.06. The highest BCUT2D eigenvalue weighted by Crippen LogP contribution is 2.26. The van der Waals surface area contributed by atoms with Crippen LogP contribution in [0.25, 0.3) is 11.5 Å². The second kappa shape index (κ2) is 8.06. The first-order valence-corrected chi connectivity index (χ1v) is 11.1. The van der Waals surface area contributed by atoms with E-state index in [0.717, 1.165) is 5.56 Å². The zero-order valence-corrected chi connectivity index (χ0v) is 17.3. The first kappa shape index (κ1) is 19.8. The van der Waals surface area contributed by atoms with Crippen LogP contribution in [0.3, 0.4) is 0 Å². The molecule has 29 heavy (non-hydrogen) atoms. The highest BCUT2D eigenvalue weighted by atomic mass is 32.2. The Morgan fingerprint density at radius 1 is 0.931 bits per heavy atom. The Labute approximate surface area is 171 Å². The molecule has 1 atom stereocenters.